The van der Waals surface area contributed by atoms with Crippen molar-refractivity contribution in [1.29, 1.82) is 0 Å². The molecule has 4 rings (SSSR count). The summed E-state index contributed by atoms with van der Waals surface area (Å²) in [4.78, 5) is 0. The van der Waals surface area contributed by atoms with E-state index in [-0.39, 0.29) is 28.8 Å². The van der Waals surface area contributed by atoms with Gasteiger partial charge in [-0.1, -0.05) is 63.7 Å². The van der Waals surface area contributed by atoms with E-state index < -0.39 is 52.1 Å². The van der Waals surface area contributed by atoms with Crippen LogP contribution in [0.25, 0.3) is 0 Å². The summed E-state index contributed by atoms with van der Waals surface area (Å²) in [5.74, 6) is -3.48. The van der Waals surface area contributed by atoms with E-state index in [2.05, 4.69) is 13.5 Å². The lowest BCUT2D eigenvalue weighted by Gasteiger charge is -2.54. The number of rotatable bonds is 16. The smallest absolute Gasteiger partial charge is 0.388 e. The number of halogens is 5. The molecular weight excluding hydrogens is 649 g/mol. The molecule has 6 nitrogen and oxygen atoms in total. The molecule has 0 spiro atoms. The van der Waals surface area contributed by atoms with E-state index in [9.17, 15) is 39.7 Å². The molecule has 1 aromatic rings. The fourth-order valence-corrected chi connectivity index (χ4v) is 9.98. The fourth-order valence-electron chi connectivity index (χ4n) is 8.41. The molecule has 3 aliphatic carbocycles. The highest BCUT2D eigenvalue weighted by Crippen LogP contribution is 2.65. The van der Waals surface area contributed by atoms with Crippen LogP contribution < -0.4 is 9.32 Å². The summed E-state index contributed by atoms with van der Waals surface area (Å²) in [5, 5.41) is 16.9. The van der Waals surface area contributed by atoms with Gasteiger partial charge in [0, 0.05) is 28.7 Å². The molecule has 0 saturated heterocycles. The summed E-state index contributed by atoms with van der Waals surface area (Å²) < 4.78 is 103. The molecule has 262 valence electrons. The van der Waals surface area contributed by atoms with Crippen molar-refractivity contribution in [3.8, 4) is 5.75 Å². The van der Waals surface area contributed by atoms with E-state index in [1.54, 1.807) is 12.1 Å². The zero-order chi connectivity index (χ0) is 33.9. The van der Waals surface area contributed by atoms with Crippen molar-refractivity contribution in [1.82, 2.24) is 0 Å². The Kier molecular flexibility index (Phi) is 12.1. The third-order valence-electron chi connectivity index (χ3n) is 10.9. The summed E-state index contributed by atoms with van der Waals surface area (Å²) in [6.07, 6.45) is 3.10. The third-order valence-corrected chi connectivity index (χ3v) is 12.8. The van der Waals surface area contributed by atoms with E-state index in [0.29, 0.717) is 24.0 Å². The lowest BCUT2D eigenvalue weighted by molar-refractivity contribution is -0.284. The van der Waals surface area contributed by atoms with Crippen LogP contribution in [0.5, 0.6) is 5.75 Å². The van der Waals surface area contributed by atoms with Gasteiger partial charge in [-0.3, -0.25) is 4.21 Å². The predicted octanol–water partition coefficient (Wildman–Crippen LogP) is 8.25. The number of fused-ring (bicyclic) bond motifs is 5. The quantitative estimate of drug-likeness (QED) is 0.103. The average Bonchev–Trinajstić information content (AvgIpc) is 3.26. The Labute approximate surface area is 272 Å². The number of hydrogen-bond acceptors (Lipinski definition) is 5. The van der Waals surface area contributed by atoms with Crippen LogP contribution in [0.3, 0.4) is 0 Å². The molecule has 0 heterocycles. The van der Waals surface area contributed by atoms with Crippen LogP contribution in [0.15, 0.2) is 30.4 Å². The standard InChI is InChI=1S/C33H48F5NO5S2/c1-22-12-15-28-29-25(16-18-31(22,28)2)24-14-13-23(44-46(39,42)43)21-27(24)30(40)26(29)11-8-6-4-3-5-7-9-19-45(41)20-10-17-32(34,35)33(36,37)38/h13-14,21,25-26,28-30,40H,1,3-12,15-20H2,2H3,(H2,39,42,43)/t25?,26-,28?,29?,30-,31+,45?/m0/s1. The number of benzene rings is 1. The van der Waals surface area contributed by atoms with Crippen LogP contribution >= 0.6 is 0 Å². The number of aliphatic hydroxyl groups is 1. The molecular formula is C33H48F5NO5S2. The van der Waals surface area contributed by atoms with Gasteiger partial charge in [0.05, 0.1) is 6.10 Å². The Morgan fingerprint density at radius 1 is 1.00 bits per heavy atom. The Hall–Kier alpha value is -1.57. The van der Waals surface area contributed by atoms with Gasteiger partial charge in [0.25, 0.3) is 0 Å². The van der Waals surface area contributed by atoms with E-state index in [1.165, 1.54) is 5.57 Å². The summed E-state index contributed by atoms with van der Waals surface area (Å²) in [6, 6.07) is 5.13. The highest BCUT2D eigenvalue weighted by Gasteiger charge is 2.57. The minimum atomic E-state index is -5.57. The lowest BCUT2D eigenvalue weighted by Crippen LogP contribution is -2.45. The van der Waals surface area contributed by atoms with Gasteiger partial charge in [-0.05, 0) is 97.3 Å². The first-order valence-electron chi connectivity index (χ1n) is 16.5. The predicted molar refractivity (Wildman–Crippen MR) is 169 cm³/mol. The number of allylic oxidation sites excluding steroid dienone is 1. The molecule has 0 radical (unpaired) electrons. The van der Waals surface area contributed by atoms with Gasteiger partial charge in [-0.2, -0.15) is 35.5 Å². The number of nitrogens with two attached hydrogens (primary N) is 1. The van der Waals surface area contributed by atoms with E-state index in [0.717, 1.165) is 81.8 Å². The first-order valence-corrected chi connectivity index (χ1v) is 19.4. The van der Waals surface area contributed by atoms with E-state index >= 15 is 0 Å². The SMILES string of the molecule is C=C1CCC2C3C(CC[C@]12C)c1ccc(OS(N)(=O)=O)cc1[C@@H](O)[C@H]3CCCCCCCCCS(=O)CCCC(F)(F)C(F)(F)F. The van der Waals surface area contributed by atoms with Gasteiger partial charge in [0.1, 0.15) is 5.75 Å². The molecule has 3 N–H and O–H groups in total. The molecule has 2 fully saturated rings. The Bertz CT molecular complexity index is 1350. The molecule has 13 heteroatoms. The second kappa shape index (κ2) is 14.9. The molecule has 0 bridgehead atoms. The van der Waals surface area contributed by atoms with Crippen molar-refractivity contribution < 1.29 is 43.9 Å². The second-order valence-electron chi connectivity index (χ2n) is 13.8. The number of alkyl halides is 5. The van der Waals surface area contributed by atoms with Gasteiger partial charge < -0.3 is 9.29 Å². The normalized spacial score (nSPS) is 28.8. The lowest BCUT2D eigenvalue weighted by atomic mass is 9.51. The maximum Gasteiger partial charge on any atom is 0.453 e. The van der Waals surface area contributed by atoms with Crippen LogP contribution in [-0.4, -0.2) is 41.3 Å². The van der Waals surface area contributed by atoms with Crippen molar-refractivity contribution in [2.24, 2.45) is 28.3 Å². The van der Waals surface area contributed by atoms with Crippen LogP contribution in [0.4, 0.5) is 22.0 Å². The maximum absolute atomic E-state index is 13.0. The van der Waals surface area contributed by atoms with Crippen molar-refractivity contribution >= 4 is 21.1 Å². The van der Waals surface area contributed by atoms with Gasteiger partial charge in [0.2, 0.25) is 0 Å². The van der Waals surface area contributed by atoms with Gasteiger partial charge >= 0.3 is 22.4 Å². The van der Waals surface area contributed by atoms with Crippen LogP contribution in [0.1, 0.15) is 120 Å². The molecule has 0 amide bonds. The molecule has 7 atom stereocenters. The highest BCUT2D eigenvalue weighted by atomic mass is 32.2. The van der Waals surface area contributed by atoms with Crippen molar-refractivity contribution in [2.75, 3.05) is 11.5 Å². The maximum atomic E-state index is 13.0. The van der Waals surface area contributed by atoms with Crippen molar-refractivity contribution in [3.05, 3.63) is 41.5 Å². The second-order valence-corrected chi connectivity index (χ2v) is 16.6. The molecule has 0 aromatic heterocycles. The first-order chi connectivity index (χ1) is 21.4. The van der Waals surface area contributed by atoms with E-state index in [4.69, 9.17) is 9.32 Å². The molecule has 2 saturated carbocycles. The Morgan fingerprint density at radius 2 is 1.63 bits per heavy atom. The molecule has 0 aliphatic heterocycles. The number of hydrogen-bond donors (Lipinski definition) is 2. The largest absolute Gasteiger partial charge is 0.453 e. The first kappa shape index (κ1) is 37.3. The number of aliphatic hydroxyl groups excluding tert-OH is 1. The monoisotopic (exact) mass is 697 g/mol. The molecule has 1 aromatic carbocycles. The van der Waals surface area contributed by atoms with E-state index in [1.807, 2.05) is 6.07 Å². The molecule has 46 heavy (non-hydrogen) atoms. The Balaban J connectivity index is 1.25. The average molecular weight is 698 g/mol. The summed E-state index contributed by atoms with van der Waals surface area (Å²) in [6.45, 7) is 6.74. The third kappa shape index (κ3) is 8.71. The topological polar surface area (TPSA) is 107 Å². The Morgan fingerprint density at radius 3 is 2.28 bits per heavy atom. The van der Waals surface area contributed by atoms with Crippen LogP contribution in [0.2, 0.25) is 0 Å². The zero-order valence-electron chi connectivity index (χ0n) is 26.5. The fraction of sp³-hybridized carbons (Fsp3) is 0.758. The summed E-state index contributed by atoms with van der Waals surface area (Å²) in [5.41, 5.74) is 3.15. The van der Waals surface area contributed by atoms with Crippen molar-refractivity contribution in [3.63, 3.8) is 0 Å². The number of unbranched alkanes of at least 4 members (excludes halogenated alkanes) is 6. The molecule has 4 unspecified atom stereocenters. The van der Waals surface area contributed by atoms with Gasteiger partial charge in [0.15, 0.2) is 0 Å². The van der Waals surface area contributed by atoms with Crippen molar-refractivity contribution in [2.45, 2.75) is 121 Å². The minimum Gasteiger partial charge on any atom is -0.388 e. The van der Waals surface area contributed by atoms with Crippen LogP contribution in [0, 0.1) is 23.2 Å². The van der Waals surface area contributed by atoms with Crippen LogP contribution in [-0.2, 0) is 21.1 Å². The summed E-state index contributed by atoms with van der Waals surface area (Å²) >= 11 is 0. The summed E-state index contributed by atoms with van der Waals surface area (Å²) in [7, 11) is -5.60. The highest BCUT2D eigenvalue weighted by molar-refractivity contribution is 7.85. The zero-order valence-corrected chi connectivity index (χ0v) is 28.1. The minimum absolute atomic E-state index is 0.0174. The van der Waals surface area contributed by atoms with Gasteiger partial charge in [-0.25, -0.2) is 0 Å². The van der Waals surface area contributed by atoms with Gasteiger partial charge in [-0.15, -0.1) is 0 Å². The molecule has 3 aliphatic rings.